The molecule has 2 unspecified atom stereocenters. The van der Waals surface area contributed by atoms with Crippen LogP contribution in [0, 0.1) is 0 Å². The molecule has 3 rings (SSSR count). The molecule has 2 amide bonds. The fourth-order valence-electron chi connectivity index (χ4n) is 4.31. The molecule has 2 aromatic rings. The van der Waals surface area contributed by atoms with Gasteiger partial charge in [-0.05, 0) is 58.1 Å². The maximum Gasteiger partial charge on any atom is 0.262 e. The van der Waals surface area contributed by atoms with Crippen molar-refractivity contribution in [3.63, 3.8) is 0 Å². The van der Waals surface area contributed by atoms with Crippen molar-refractivity contribution in [3.8, 4) is 0 Å². The average Bonchev–Trinajstić information content (AvgIpc) is 2.73. The second-order valence-electron chi connectivity index (χ2n) is 8.36. The second kappa shape index (κ2) is 10.8. The van der Waals surface area contributed by atoms with Gasteiger partial charge in [0.05, 0.1) is 16.7 Å². The summed E-state index contributed by atoms with van der Waals surface area (Å²) in [6, 6.07) is 7.79. The van der Waals surface area contributed by atoms with Gasteiger partial charge < -0.3 is 10.6 Å². The third-order valence-electron chi connectivity index (χ3n) is 5.94. The Balaban J connectivity index is 1.76. The van der Waals surface area contributed by atoms with E-state index < -0.39 is 0 Å². The number of amides is 2. The molecular weight excluding hydrogens is 412 g/mol. The Labute approximate surface area is 187 Å². The normalized spacial score (nSPS) is 19.0. The summed E-state index contributed by atoms with van der Waals surface area (Å²) in [4.78, 5) is 43.7. The third-order valence-corrected chi connectivity index (χ3v) is 6.90. The van der Waals surface area contributed by atoms with Crippen LogP contribution in [0.1, 0.15) is 58.8 Å². The summed E-state index contributed by atoms with van der Waals surface area (Å²) in [6.07, 6.45) is 5.82. The number of carbonyl (C=O) groups is 2. The van der Waals surface area contributed by atoms with Crippen LogP contribution in [0.2, 0.25) is 0 Å². The Morgan fingerprint density at radius 1 is 1.13 bits per heavy atom. The van der Waals surface area contributed by atoms with Crippen LogP contribution in [0.15, 0.2) is 34.2 Å². The smallest absolute Gasteiger partial charge is 0.262 e. The fourth-order valence-corrected chi connectivity index (χ4v) is 5.21. The Kier molecular flexibility index (Phi) is 8.12. The fraction of sp³-hybridized carbons (Fsp3) is 0.565. The van der Waals surface area contributed by atoms with E-state index in [1.54, 1.807) is 10.6 Å². The molecule has 0 radical (unpaired) electrons. The van der Waals surface area contributed by atoms with Gasteiger partial charge in [0.2, 0.25) is 11.8 Å². The molecule has 8 heteroatoms. The van der Waals surface area contributed by atoms with Crippen LogP contribution < -0.4 is 11.3 Å². The highest BCUT2D eigenvalue weighted by Gasteiger charge is 2.29. The summed E-state index contributed by atoms with van der Waals surface area (Å²) in [5.41, 5.74) is 5.76. The third kappa shape index (κ3) is 5.87. The van der Waals surface area contributed by atoms with E-state index in [2.05, 4.69) is 13.8 Å². The first-order chi connectivity index (χ1) is 14.9. The van der Waals surface area contributed by atoms with Crippen LogP contribution in [0.3, 0.4) is 0 Å². The molecule has 1 aromatic carbocycles. The van der Waals surface area contributed by atoms with Crippen molar-refractivity contribution in [3.05, 3.63) is 34.6 Å². The predicted octanol–water partition coefficient (Wildman–Crippen LogP) is 3.32. The molecule has 1 aliphatic rings. The number of nitrogens with two attached hydrogens (primary N) is 1. The summed E-state index contributed by atoms with van der Waals surface area (Å²) in [7, 11) is 0. The second-order valence-corrected chi connectivity index (χ2v) is 9.31. The molecular formula is C23H32N4O3S. The van der Waals surface area contributed by atoms with Crippen molar-refractivity contribution < 1.29 is 9.59 Å². The number of primary amides is 1. The lowest BCUT2D eigenvalue weighted by molar-refractivity contribution is -0.134. The van der Waals surface area contributed by atoms with Gasteiger partial charge in [-0.1, -0.05) is 30.3 Å². The molecule has 168 valence electrons. The zero-order valence-corrected chi connectivity index (χ0v) is 19.2. The molecule has 31 heavy (non-hydrogen) atoms. The molecule has 1 saturated heterocycles. The number of likely N-dealkylation sites (tertiary alicyclic amines) is 1. The number of rotatable bonds is 9. The number of carbonyl (C=O) groups excluding carboxylic acids is 2. The first-order valence-electron chi connectivity index (χ1n) is 11.1. The lowest BCUT2D eigenvalue weighted by Gasteiger charge is -2.39. The average molecular weight is 445 g/mol. The minimum atomic E-state index is -0.305. The van der Waals surface area contributed by atoms with E-state index in [0.717, 1.165) is 32.1 Å². The monoisotopic (exact) mass is 444 g/mol. The number of hydrogen-bond donors (Lipinski definition) is 1. The minimum Gasteiger partial charge on any atom is -0.370 e. The number of thioether (sulfide) groups is 1. The van der Waals surface area contributed by atoms with Gasteiger partial charge in [-0.25, -0.2) is 4.98 Å². The number of fused-ring (bicyclic) bond motifs is 1. The number of hydrogen-bond acceptors (Lipinski definition) is 5. The summed E-state index contributed by atoms with van der Waals surface area (Å²) < 4.78 is 1.67. The number of unbranched alkanes of at least 4 members (excludes halogenated alkanes) is 2. The van der Waals surface area contributed by atoms with Crippen molar-refractivity contribution in [2.45, 2.75) is 82.6 Å². The number of aromatic nitrogens is 2. The van der Waals surface area contributed by atoms with Crippen molar-refractivity contribution >= 4 is 34.5 Å². The van der Waals surface area contributed by atoms with Gasteiger partial charge in [0.25, 0.3) is 5.56 Å². The van der Waals surface area contributed by atoms with Crippen LogP contribution in [0.25, 0.3) is 10.9 Å². The molecule has 0 spiro atoms. The molecule has 0 saturated carbocycles. The summed E-state index contributed by atoms with van der Waals surface area (Å²) in [6.45, 7) is 4.71. The molecule has 0 bridgehead atoms. The van der Waals surface area contributed by atoms with Crippen LogP contribution in [-0.2, 0) is 16.1 Å². The maximum absolute atomic E-state index is 13.1. The van der Waals surface area contributed by atoms with Gasteiger partial charge in [0.1, 0.15) is 0 Å². The molecule has 1 aromatic heterocycles. The molecule has 2 heterocycles. The van der Waals surface area contributed by atoms with E-state index in [1.165, 1.54) is 11.8 Å². The van der Waals surface area contributed by atoms with E-state index in [-0.39, 0.29) is 35.2 Å². The zero-order valence-electron chi connectivity index (χ0n) is 18.4. The van der Waals surface area contributed by atoms with Crippen LogP contribution in [0.5, 0.6) is 0 Å². The summed E-state index contributed by atoms with van der Waals surface area (Å²) >= 11 is 1.34. The van der Waals surface area contributed by atoms with Crippen LogP contribution >= 0.6 is 11.8 Å². The first kappa shape index (κ1) is 23.3. The molecule has 7 nitrogen and oxygen atoms in total. The van der Waals surface area contributed by atoms with Crippen molar-refractivity contribution in [1.82, 2.24) is 14.5 Å². The minimum absolute atomic E-state index is 0.0878. The number of nitrogens with zero attached hydrogens (tertiary/aromatic N) is 3. The van der Waals surface area contributed by atoms with E-state index in [0.29, 0.717) is 35.4 Å². The summed E-state index contributed by atoms with van der Waals surface area (Å²) in [5, 5.41) is 1.15. The van der Waals surface area contributed by atoms with E-state index in [1.807, 2.05) is 23.1 Å². The lowest BCUT2D eigenvalue weighted by Crippen LogP contribution is -2.48. The Morgan fingerprint density at radius 2 is 1.84 bits per heavy atom. The number of piperidine rings is 1. The van der Waals surface area contributed by atoms with Gasteiger partial charge in [0.15, 0.2) is 5.16 Å². The standard InChI is InChI=1S/C23H32N4O3S/c1-16-9-8-10-17(2)27(16)21(29)15-31-23-25-19-12-6-5-11-18(19)22(30)26(23)14-7-3-4-13-20(24)28/h5-6,11-12,16-17H,3-4,7-10,13-15H2,1-2H3,(H2,24,28). The molecule has 1 aliphatic heterocycles. The predicted molar refractivity (Wildman–Crippen MR) is 124 cm³/mol. The van der Waals surface area contributed by atoms with E-state index >= 15 is 0 Å². The van der Waals surface area contributed by atoms with Crippen LogP contribution in [-0.4, -0.2) is 44.1 Å². The van der Waals surface area contributed by atoms with Gasteiger partial charge in [-0.3, -0.25) is 19.0 Å². The van der Waals surface area contributed by atoms with Crippen molar-refractivity contribution in [2.75, 3.05) is 5.75 Å². The molecule has 0 aliphatic carbocycles. The Morgan fingerprint density at radius 3 is 2.55 bits per heavy atom. The lowest BCUT2D eigenvalue weighted by atomic mass is 9.98. The van der Waals surface area contributed by atoms with E-state index in [4.69, 9.17) is 10.7 Å². The number of benzene rings is 1. The first-order valence-corrected chi connectivity index (χ1v) is 12.1. The quantitative estimate of drug-likeness (QED) is 0.363. The highest BCUT2D eigenvalue weighted by Crippen LogP contribution is 2.25. The largest absolute Gasteiger partial charge is 0.370 e. The SMILES string of the molecule is CC1CCCC(C)N1C(=O)CSc1nc2ccccc2c(=O)n1CCCCCC(N)=O. The maximum atomic E-state index is 13.1. The number of para-hydroxylation sites is 1. The highest BCUT2D eigenvalue weighted by molar-refractivity contribution is 7.99. The molecule has 1 fully saturated rings. The van der Waals surface area contributed by atoms with Gasteiger partial charge in [0, 0.05) is 25.0 Å². The topological polar surface area (TPSA) is 98.3 Å². The van der Waals surface area contributed by atoms with Crippen molar-refractivity contribution in [2.24, 2.45) is 5.73 Å². The van der Waals surface area contributed by atoms with Gasteiger partial charge in [-0.2, -0.15) is 0 Å². The zero-order chi connectivity index (χ0) is 22.4. The highest BCUT2D eigenvalue weighted by atomic mass is 32.2. The molecule has 2 N–H and O–H groups in total. The van der Waals surface area contributed by atoms with Gasteiger partial charge >= 0.3 is 0 Å². The van der Waals surface area contributed by atoms with Crippen LogP contribution in [0.4, 0.5) is 0 Å². The Bertz CT molecular complexity index is 980. The van der Waals surface area contributed by atoms with E-state index in [9.17, 15) is 14.4 Å². The van der Waals surface area contributed by atoms with Gasteiger partial charge in [-0.15, -0.1) is 0 Å². The van der Waals surface area contributed by atoms with Crippen molar-refractivity contribution in [1.29, 1.82) is 0 Å². The molecule has 2 atom stereocenters. The Hall–Kier alpha value is -2.35. The summed E-state index contributed by atoms with van der Waals surface area (Å²) in [5.74, 6) is 0.0572.